The minimum Gasteiger partial charge on any atom is -0.479 e. The Morgan fingerprint density at radius 1 is 1.05 bits per heavy atom. The van der Waals surface area contributed by atoms with Crippen LogP contribution in [0.3, 0.4) is 0 Å². The number of fused-ring (bicyclic) bond motifs is 3. The summed E-state index contributed by atoms with van der Waals surface area (Å²) < 4.78 is 11.1. The normalized spacial score (nSPS) is 18.4. The number of aliphatic carboxylic acids is 2. The molecule has 7 rings (SSSR count). The molecule has 10 nitrogen and oxygen atoms in total. The summed E-state index contributed by atoms with van der Waals surface area (Å²) in [5.41, 5.74) is 4.19. The third-order valence-electron chi connectivity index (χ3n) is 7.19. The van der Waals surface area contributed by atoms with Gasteiger partial charge in [-0.05, 0) is 61.5 Å². The summed E-state index contributed by atoms with van der Waals surface area (Å²) in [6.45, 7) is 2.12. The first kappa shape index (κ1) is 26.0. The van der Waals surface area contributed by atoms with E-state index in [9.17, 15) is 19.8 Å². The van der Waals surface area contributed by atoms with E-state index in [0.29, 0.717) is 23.0 Å². The van der Waals surface area contributed by atoms with E-state index in [1.165, 1.54) is 49.7 Å². The standard InChI is InChI=1S/C30H23N5O5S2/c1-14-9-21-26(41-14)27-22(35(21)2)13-25(42-27)24-4-3-23(40-24)15-5-7-31-18(10-15)19-11-16(29(36)37)12-20(33-19)28-32-8-6-17(34-28)30(38)39/h3-13,17,20,33H,1-2H3,(H,32,34)(H,36,37)(H,38,39). The zero-order chi connectivity index (χ0) is 29.1. The van der Waals surface area contributed by atoms with Gasteiger partial charge in [-0.1, -0.05) is 0 Å². The highest BCUT2D eigenvalue weighted by Crippen LogP contribution is 2.43. The molecule has 0 aromatic carbocycles. The van der Waals surface area contributed by atoms with Gasteiger partial charge in [0.2, 0.25) is 0 Å². The number of carboxylic acid groups (broad SMARTS) is 2. The molecule has 0 bridgehead atoms. The third-order valence-corrected chi connectivity index (χ3v) is 9.53. The Morgan fingerprint density at radius 3 is 2.64 bits per heavy atom. The van der Waals surface area contributed by atoms with Crippen molar-refractivity contribution in [2.75, 3.05) is 0 Å². The van der Waals surface area contributed by atoms with Gasteiger partial charge in [-0.15, -0.1) is 22.7 Å². The number of furan rings is 1. The molecule has 0 fully saturated rings. The molecule has 210 valence electrons. The van der Waals surface area contributed by atoms with E-state index in [2.05, 4.69) is 51.3 Å². The van der Waals surface area contributed by atoms with Gasteiger partial charge in [-0.3, -0.25) is 9.98 Å². The number of aromatic nitrogens is 2. The van der Waals surface area contributed by atoms with Crippen molar-refractivity contribution in [2.45, 2.75) is 19.0 Å². The lowest BCUT2D eigenvalue weighted by atomic mass is 10.0. The van der Waals surface area contributed by atoms with Crippen LogP contribution in [0.25, 0.3) is 48.1 Å². The molecule has 0 radical (unpaired) electrons. The molecule has 2 aliphatic rings. The number of pyridine rings is 1. The van der Waals surface area contributed by atoms with Gasteiger partial charge < -0.3 is 29.8 Å². The van der Waals surface area contributed by atoms with Crippen molar-refractivity contribution in [3.63, 3.8) is 0 Å². The number of nitrogens with zero attached hydrogens (tertiary/aromatic N) is 3. The maximum absolute atomic E-state index is 12.0. The number of hydrogen-bond donors (Lipinski definition) is 4. The van der Waals surface area contributed by atoms with Crippen molar-refractivity contribution >= 4 is 66.6 Å². The average molecular weight is 598 g/mol. The molecule has 12 heteroatoms. The van der Waals surface area contributed by atoms with E-state index < -0.39 is 24.0 Å². The van der Waals surface area contributed by atoms with E-state index in [4.69, 9.17) is 4.42 Å². The SMILES string of the molecule is Cc1cc2c(s1)c1sc(-c3ccc(-c4ccnc(C5=CC(C(=O)O)=CC(C6=NC(C(=O)O)C=CN6)N5)c4)o3)cc1n2C. The number of dihydropyridines is 1. The fourth-order valence-electron chi connectivity index (χ4n) is 5.14. The first-order valence-corrected chi connectivity index (χ1v) is 14.6. The molecule has 4 N–H and O–H groups in total. The van der Waals surface area contributed by atoms with Gasteiger partial charge in [0.05, 0.1) is 42.3 Å². The lowest BCUT2D eigenvalue weighted by Crippen LogP contribution is -2.45. The molecule has 0 amide bonds. The Kier molecular flexibility index (Phi) is 6.10. The van der Waals surface area contributed by atoms with Crippen molar-refractivity contribution in [2.24, 2.45) is 12.0 Å². The molecule has 5 aromatic rings. The lowest BCUT2D eigenvalue weighted by Gasteiger charge is -2.26. The van der Waals surface area contributed by atoms with Crippen molar-refractivity contribution in [3.05, 3.63) is 83.2 Å². The van der Waals surface area contributed by atoms with Crippen molar-refractivity contribution in [1.82, 2.24) is 20.2 Å². The van der Waals surface area contributed by atoms with Gasteiger partial charge in [0.15, 0.2) is 6.04 Å². The third kappa shape index (κ3) is 4.41. The summed E-state index contributed by atoms with van der Waals surface area (Å²) in [6, 6.07) is 10.1. The largest absolute Gasteiger partial charge is 0.479 e. The van der Waals surface area contributed by atoms with Crippen LogP contribution < -0.4 is 10.6 Å². The predicted molar refractivity (Wildman–Crippen MR) is 164 cm³/mol. The van der Waals surface area contributed by atoms with E-state index in [1.54, 1.807) is 28.9 Å². The lowest BCUT2D eigenvalue weighted by molar-refractivity contribution is -0.137. The van der Waals surface area contributed by atoms with Crippen LogP contribution in [-0.2, 0) is 16.6 Å². The van der Waals surface area contributed by atoms with Crippen LogP contribution >= 0.6 is 22.7 Å². The van der Waals surface area contributed by atoms with Gasteiger partial charge in [-0.2, -0.15) is 0 Å². The number of carbonyl (C=O) groups is 2. The summed E-state index contributed by atoms with van der Waals surface area (Å²) in [5.74, 6) is -0.514. The maximum atomic E-state index is 12.0. The average Bonchev–Trinajstić information content (AvgIpc) is 3.77. The van der Waals surface area contributed by atoms with Gasteiger partial charge in [0.1, 0.15) is 23.4 Å². The Morgan fingerprint density at radius 2 is 1.83 bits per heavy atom. The minimum absolute atomic E-state index is 0.0342. The van der Waals surface area contributed by atoms with Crippen LogP contribution in [0.15, 0.2) is 82.0 Å². The van der Waals surface area contributed by atoms with E-state index in [-0.39, 0.29) is 5.57 Å². The number of aliphatic imine (C=N–C) groups is 1. The molecule has 7 heterocycles. The molecule has 2 aliphatic heterocycles. The fraction of sp³-hybridized carbons (Fsp3) is 0.133. The quantitative estimate of drug-likeness (QED) is 0.205. The molecule has 42 heavy (non-hydrogen) atoms. The minimum atomic E-state index is -1.12. The molecule has 0 spiro atoms. The number of carboxylic acids is 2. The molecule has 5 aromatic heterocycles. The summed E-state index contributed by atoms with van der Waals surface area (Å²) >= 11 is 3.51. The fourth-order valence-corrected chi connectivity index (χ4v) is 7.48. The molecule has 2 unspecified atom stereocenters. The second kappa shape index (κ2) is 9.86. The van der Waals surface area contributed by atoms with Crippen LogP contribution in [0.1, 0.15) is 10.6 Å². The Hall–Kier alpha value is -4.94. The van der Waals surface area contributed by atoms with Gasteiger partial charge in [-0.25, -0.2) is 9.59 Å². The highest BCUT2D eigenvalue weighted by Gasteiger charge is 2.27. The molecule has 2 atom stereocenters. The number of amidine groups is 1. The molecule has 0 aliphatic carbocycles. The summed E-state index contributed by atoms with van der Waals surface area (Å²) in [5, 5.41) is 25.3. The summed E-state index contributed by atoms with van der Waals surface area (Å²) in [6.07, 6.45) is 7.52. The van der Waals surface area contributed by atoms with Gasteiger partial charge in [0.25, 0.3) is 0 Å². The van der Waals surface area contributed by atoms with E-state index >= 15 is 0 Å². The second-order valence-electron chi connectivity index (χ2n) is 9.96. The number of thiophene rings is 2. The summed E-state index contributed by atoms with van der Waals surface area (Å²) in [7, 11) is 2.08. The number of rotatable bonds is 6. The smallest absolute Gasteiger partial charge is 0.335 e. The summed E-state index contributed by atoms with van der Waals surface area (Å²) in [4.78, 5) is 34.4. The molecular formula is C30H23N5O5S2. The number of hydrogen-bond acceptors (Lipinski definition) is 9. The highest BCUT2D eigenvalue weighted by molar-refractivity contribution is 7.29. The van der Waals surface area contributed by atoms with Crippen LogP contribution in [0.4, 0.5) is 0 Å². The van der Waals surface area contributed by atoms with Gasteiger partial charge in [0, 0.05) is 29.9 Å². The Bertz CT molecular complexity index is 2050. The van der Waals surface area contributed by atoms with Crippen LogP contribution in [-0.4, -0.2) is 49.6 Å². The van der Waals surface area contributed by atoms with Gasteiger partial charge >= 0.3 is 11.9 Å². The number of nitrogens with one attached hydrogen (secondary N) is 2. The van der Waals surface area contributed by atoms with Crippen LogP contribution in [0.2, 0.25) is 0 Å². The molecule has 0 saturated heterocycles. The molecule has 0 saturated carbocycles. The maximum Gasteiger partial charge on any atom is 0.335 e. The number of aryl methyl sites for hydroxylation is 2. The first-order chi connectivity index (χ1) is 20.2. The first-order valence-electron chi connectivity index (χ1n) is 13.0. The van der Waals surface area contributed by atoms with Crippen molar-refractivity contribution < 1.29 is 24.2 Å². The predicted octanol–water partition coefficient (Wildman–Crippen LogP) is 5.38. The monoisotopic (exact) mass is 597 g/mol. The van der Waals surface area contributed by atoms with Crippen LogP contribution in [0, 0.1) is 6.92 Å². The zero-order valence-electron chi connectivity index (χ0n) is 22.3. The van der Waals surface area contributed by atoms with E-state index in [1.807, 2.05) is 24.3 Å². The highest BCUT2D eigenvalue weighted by atomic mass is 32.1. The second-order valence-corrected chi connectivity index (χ2v) is 12.3. The van der Waals surface area contributed by atoms with Crippen molar-refractivity contribution in [3.8, 4) is 22.0 Å². The zero-order valence-corrected chi connectivity index (χ0v) is 23.9. The Balaban J connectivity index is 1.19. The van der Waals surface area contributed by atoms with Crippen molar-refractivity contribution in [1.29, 1.82) is 0 Å². The molecular weight excluding hydrogens is 574 g/mol. The van der Waals surface area contributed by atoms with Crippen LogP contribution in [0.5, 0.6) is 0 Å². The van der Waals surface area contributed by atoms with E-state index in [0.717, 1.165) is 16.2 Å². The Labute approximate surface area is 246 Å². The topological polar surface area (TPSA) is 142 Å².